The topological polar surface area (TPSA) is 108 Å². The zero-order chi connectivity index (χ0) is 25.4. The Bertz CT molecular complexity index is 1680. The van der Waals surface area contributed by atoms with Gasteiger partial charge in [-0.05, 0) is 54.6 Å². The number of nitrogens with zero attached hydrogens (tertiary/aromatic N) is 4. The minimum Gasteiger partial charge on any atom is -0.495 e. The third kappa shape index (κ3) is 4.40. The number of sulfonamides is 1. The van der Waals surface area contributed by atoms with E-state index in [1.807, 2.05) is 42.5 Å². The van der Waals surface area contributed by atoms with Gasteiger partial charge in [0.2, 0.25) is 5.65 Å². The summed E-state index contributed by atoms with van der Waals surface area (Å²) in [6.45, 7) is 4.09. The zero-order valence-corrected chi connectivity index (χ0v) is 21.2. The van der Waals surface area contributed by atoms with Crippen molar-refractivity contribution in [1.29, 1.82) is 0 Å². The van der Waals surface area contributed by atoms with Crippen molar-refractivity contribution in [3.05, 3.63) is 77.6 Å². The molecule has 0 aliphatic carbocycles. The van der Waals surface area contributed by atoms with E-state index < -0.39 is 10.0 Å². The van der Waals surface area contributed by atoms with Gasteiger partial charge in [-0.3, -0.25) is 9.12 Å². The smallest absolute Gasteiger partial charge is 0.266 e. The molecule has 0 amide bonds. The Morgan fingerprint density at radius 2 is 1.75 bits per heavy atom. The molecule has 36 heavy (non-hydrogen) atoms. The van der Waals surface area contributed by atoms with Crippen molar-refractivity contribution in [2.45, 2.75) is 24.7 Å². The maximum atomic E-state index is 12.9. The quantitative estimate of drug-likeness (QED) is 0.293. The second-order valence-corrected chi connectivity index (χ2v) is 10.4. The summed E-state index contributed by atoms with van der Waals surface area (Å²) in [7, 11) is -2.55. The number of anilines is 1. The summed E-state index contributed by atoms with van der Waals surface area (Å²) < 4.78 is 41.6. The lowest BCUT2D eigenvalue weighted by Crippen LogP contribution is -2.14. The van der Waals surface area contributed by atoms with Crippen LogP contribution < -0.4 is 14.2 Å². The summed E-state index contributed by atoms with van der Waals surface area (Å²) >= 11 is 6.00. The Morgan fingerprint density at radius 1 is 1.00 bits per heavy atom. The summed E-state index contributed by atoms with van der Waals surface area (Å²) in [5.74, 6) is 1.88. The van der Waals surface area contributed by atoms with Crippen LogP contribution in [0.3, 0.4) is 0 Å². The molecule has 184 valence electrons. The van der Waals surface area contributed by atoms with Crippen LogP contribution in [0.5, 0.6) is 17.4 Å². The summed E-state index contributed by atoms with van der Waals surface area (Å²) in [4.78, 5) is 4.57. The molecular weight excluding hydrogens is 502 g/mol. The molecule has 2 heterocycles. The monoisotopic (exact) mass is 523 g/mol. The molecule has 1 N–H and O–H groups in total. The van der Waals surface area contributed by atoms with E-state index in [1.165, 1.54) is 19.2 Å². The molecule has 2 aromatic heterocycles. The van der Waals surface area contributed by atoms with Crippen LogP contribution in [0.1, 0.15) is 25.6 Å². The van der Waals surface area contributed by atoms with Gasteiger partial charge in [-0.15, -0.1) is 10.2 Å². The fourth-order valence-electron chi connectivity index (χ4n) is 3.80. The molecule has 0 spiro atoms. The van der Waals surface area contributed by atoms with Crippen LogP contribution in [0.15, 0.2) is 71.6 Å². The van der Waals surface area contributed by atoms with Crippen LogP contribution in [0.2, 0.25) is 5.02 Å². The van der Waals surface area contributed by atoms with Crippen LogP contribution in [0, 0.1) is 0 Å². The summed E-state index contributed by atoms with van der Waals surface area (Å²) in [5, 5.41) is 8.95. The van der Waals surface area contributed by atoms with Gasteiger partial charge in [0.15, 0.2) is 0 Å². The predicted molar refractivity (Wildman–Crippen MR) is 138 cm³/mol. The van der Waals surface area contributed by atoms with Gasteiger partial charge in [-0.25, -0.2) is 13.4 Å². The molecule has 5 aromatic rings. The van der Waals surface area contributed by atoms with Gasteiger partial charge in [0, 0.05) is 16.6 Å². The van der Waals surface area contributed by atoms with E-state index in [0.29, 0.717) is 23.0 Å². The van der Waals surface area contributed by atoms with Crippen LogP contribution in [-0.4, -0.2) is 35.1 Å². The maximum Gasteiger partial charge on any atom is 0.266 e. The zero-order valence-electron chi connectivity index (χ0n) is 19.6. The van der Waals surface area contributed by atoms with Gasteiger partial charge in [0.05, 0.1) is 18.1 Å². The molecule has 0 aliphatic rings. The molecule has 0 fully saturated rings. The van der Waals surface area contributed by atoms with Gasteiger partial charge in [-0.2, -0.15) is 0 Å². The fourth-order valence-corrected chi connectivity index (χ4v) is 5.29. The average molecular weight is 524 g/mol. The Morgan fingerprint density at radius 3 is 2.47 bits per heavy atom. The van der Waals surface area contributed by atoms with Crippen LogP contribution in [0.4, 0.5) is 5.69 Å². The molecule has 0 saturated carbocycles. The third-order valence-electron chi connectivity index (χ3n) is 5.48. The normalized spacial score (nSPS) is 11.8. The second kappa shape index (κ2) is 9.29. The number of benzene rings is 3. The molecule has 3 aromatic carbocycles. The third-order valence-corrected chi connectivity index (χ3v) is 7.11. The molecule has 9 nitrogen and oxygen atoms in total. The number of hydrogen-bond donors (Lipinski definition) is 1. The second-order valence-electron chi connectivity index (χ2n) is 8.30. The Balaban J connectivity index is 1.45. The van der Waals surface area contributed by atoms with Gasteiger partial charge < -0.3 is 9.47 Å². The largest absolute Gasteiger partial charge is 0.495 e. The molecule has 0 unspecified atom stereocenters. The first-order chi connectivity index (χ1) is 17.3. The van der Waals surface area contributed by atoms with Crippen LogP contribution >= 0.6 is 11.6 Å². The van der Waals surface area contributed by atoms with E-state index in [1.54, 1.807) is 30.3 Å². The first-order valence-electron chi connectivity index (χ1n) is 11.0. The maximum absolute atomic E-state index is 12.9. The van der Waals surface area contributed by atoms with Crippen molar-refractivity contribution in [3.63, 3.8) is 0 Å². The fraction of sp³-hybridized carbons (Fsp3) is 0.160. The summed E-state index contributed by atoms with van der Waals surface area (Å²) in [6, 6.07) is 18.5. The standard InChI is InChI=1S/C25H22ClN5O4S/c1-15(2)23-28-29-24-25(27-19-6-4-5-7-20(19)31(23)24)35-18-11-9-17(10-12-18)30-36(32,33)22-14-16(26)8-13-21(22)34-3/h4-15,30H,1-3H3. The highest BCUT2D eigenvalue weighted by Gasteiger charge is 2.21. The molecule has 0 saturated heterocycles. The molecule has 0 aliphatic heterocycles. The lowest BCUT2D eigenvalue weighted by Gasteiger charge is -2.13. The minimum absolute atomic E-state index is 0.0617. The van der Waals surface area contributed by atoms with Crippen molar-refractivity contribution in [2.75, 3.05) is 11.8 Å². The van der Waals surface area contributed by atoms with Crippen molar-refractivity contribution in [1.82, 2.24) is 19.6 Å². The Labute approximate surface area is 212 Å². The van der Waals surface area contributed by atoms with Gasteiger partial charge in [0.1, 0.15) is 22.2 Å². The highest BCUT2D eigenvalue weighted by molar-refractivity contribution is 7.92. The Hall–Kier alpha value is -3.89. The first kappa shape index (κ1) is 23.8. The molecule has 5 rings (SSSR count). The van der Waals surface area contributed by atoms with Crippen LogP contribution in [0.25, 0.3) is 16.7 Å². The average Bonchev–Trinajstić information content (AvgIpc) is 3.31. The van der Waals surface area contributed by atoms with Gasteiger partial charge >= 0.3 is 0 Å². The number of halogens is 1. The molecule has 0 bridgehead atoms. The number of para-hydroxylation sites is 2. The van der Waals surface area contributed by atoms with E-state index in [4.69, 9.17) is 21.1 Å². The number of rotatable bonds is 7. The van der Waals surface area contributed by atoms with E-state index >= 15 is 0 Å². The molecular formula is C25H22ClN5O4S. The predicted octanol–water partition coefficient (Wildman–Crippen LogP) is 5.66. The summed E-state index contributed by atoms with van der Waals surface area (Å²) in [6.07, 6.45) is 0. The number of nitrogens with one attached hydrogen (secondary N) is 1. The van der Waals surface area contributed by atoms with E-state index in [2.05, 4.69) is 19.9 Å². The van der Waals surface area contributed by atoms with Gasteiger partial charge in [-0.1, -0.05) is 37.6 Å². The summed E-state index contributed by atoms with van der Waals surface area (Å²) in [5.41, 5.74) is 2.46. The molecule has 0 atom stereocenters. The highest BCUT2D eigenvalue weighted by Crippen LogP contribution is 2.31. The number of fused-ring (bicyclic) bond motifs is 3. The minimum atomic E-state index is -3.94. The number of hydrogen-bond acceptors (Lipinski definition) is 7. The lowest BCUT2D eigenvalue weighted by molar-refractivity contribution is 0.403. The van der Waals surface area contributed by atoms with Crippen molar-refractivity contribution < 1.29 is 17.9 Å². The SMILES string of the molecule is COc1ccc(Cl)cc1S(=O)(=O)Nc1ccc(Oc2nc3ccccc3n3c(C(C)C)nnc23)cc1. The van der Waals surface area contributed by atoms with Crippen molar-refractivity contribution >= 4 is 44.0 Å². The van der Waals surface area contributed by atoms with Crippen molar-refractivity contribution in [2.24, 2.45) is 0 Å². The van der Waals surface area contributed by atoms with Crippen LogP contribution in [-0.2, 0) is 10.0 Å². The number of aromatic nitrogens is 4. The lowest BCUT2D eigenvalue weighted by atomic mass is 10.2. The van der Waals surface area contributed by atoms with E-state index in [-0.39, 0.29) is 21.6 Å². The first-order valence-corrected chi connectivity index (χ1v) is 12.9. The number of methoxy groups -OCH3 is 1. The van der Waals surface area contributed by atoms with E-state index in [0.717, 1.165) is 16.9 Å². The molecule has 11 heteroatoms. The van der Waals surface area contributed by atoms with Gasteiger partial charge in [0.25, 0.3) is 15.9 Å². The highest BCUT2D eigenvalue weighted by atomic mass is 35.5. The van der Waals surface area contributed by atoms with E-state index in [9.17, 15) is 8.42 Å². The number of ether oxygens (including phenoxy) is 2. The Kier molecular flexibility index (Phi) is 6.15. The van der Waals surface area contributed by atoms with Crippen molar-refractivity contribution in [3.8, 4) is 17.4 Å². The molecule has 0 radical (unpaired) electrons.